The summed E-state index contributed by atoms with van der Waals surface area (Å²) in [5.74, 6) is 0.249. The summed E-state index contributed by atoms with van der Waals surface area (Å²) in [5, 5.41) is 2.95. The van der Waals surface area contributed by atoms with Crippen LogP contribution >= 0.6 is 0 Å². The van der Waals surface area contributed by atoms with E-state index in [9.17, 15) is 9.59 Å². The number of amides is 3. The van der Waals surface area contributed by atoms with Crippen molar-refractivity contribution in [2.24, 2.45) is 0 Å². The predicted molar refractivity (Wildman–Crippen MR) is 83.7 cm³/mol. The first-order valence-corrected chi connectivity index (χ1v) is 8.08. The first-order valence-electron chi connectivity index (χ1n) is 8.08. The van der Waals surface area contributed by atoms with Gasteiger partial charge in [0, 0.05) is 32.7 Å². The van der Waals surface area contributed by atoms with Gasteiger partial charge in [-0.05, 0) is 18.6 Å². The Bertz CT molecular complexity index is 465. The van der Waals surface area contributed by atoms with Gasteiger partial charge in [0.15, 0.2) is 5.76 Å². The minimum atomic E-state index is -0.107. The fraction of sp³-hybridized carbons (Fsp3) is 0.625. The number of nitrogens with zero attached hydrogens (tertiary/aromatic N) is 2. The maximum absolute atomic E-state index is 12.1. The lowest BCUT2D eigenvalue weighted by Crippen LogP contribution is -2.53. The van der Waals surface area contributed by atoms with E-state index in [2.05, 4.69) is 12.2 Å². The van der Waals surface area contributed by atoms with E-state index in [0.717, 1.165) is 19.4 Å². The zero-order chi connectivity index (χ0) is 15.8. The van der Waals surface area contributed by atoms with Gasteiger partial charge in [-0.15, -0.1) is 0 Å². The average molecular weight is 307 g/mol. The van der Waals surface area contributed by atoms with Gasteiger partial charge in [0.1, 0.15) is 0 Å². The highest BCUT2D eigenvalue weighted by molar-refractivity contribution is 5.91. The molecular weight excluding hydrogens is 282 g/mol. The van der Waals surface area contributed by atoms with Gasteiger partial charge < -0.3 is 19.5 Å². The molecule has 1 saturated heterocycles. The standard InChI is InChI=1S/C16H25N3O3/c1-2-3-4-5-8-17-16(21)19-11-9-18(10-12-19)15(20)14-7-6-13-22-14/h6-7,13H,2-5,8-12H2,1H3,(H,17,21). The SMILES string of the molecule is CCCCCCNC(=O)N1CCN(C(=O)c2ccco2)CC1. The maximum atomic E-state index is 12.1. The second-order valence-electron chi connectivity index (χ2n) is 5.55. The number of furan rings is 1. The number of nitrogens with one attached hydrogen (secondary N) is 1. The summed E-state index contributed by atoms with van der Waals surface area (Å²) in [6.07, 6.45) is 6.08. The Morgan fingerprint density at radius 1 is 1.14 bits per heavy atom. The van der Waals surface area contributed by atoms with Crippen LogP contribution in [-0.4, -0.2) is 54.5 Å². The van der Waals surface area contributed by atoms with Crippen LogP contribution in [0, 0.1) is 0 Å². The topological polar surface area (TPSA) is 65.8 Å². The molecule has 0 saturated carbocycles. The lowest BCUT2D eigenvalue weighted by atomic mass is 10.2. The Morgan fingerprint density at radius 2 is 1.86 bits per heavy atom. The van der Waals surface area contributed by atoms with E-state index in [0.29, 0.717) is 31.9 Å². The number of hydrogen-bond donors (Lipinski definition) is 1. The molecule has 1 aromatic heterocycles. The maximum Gasteiger partial charge on any atom is 0.317 e. The third-order valence-electron chi connectivity index (χ3n) is 3.89. The summed E-state index contributed by atoms with van der Waals surface area (Å²) >= 11 is 0. The van der Waals surface area contributed by atoms with Crippen LogP contribution < -0.4 is 5.32 Å². The summed E-state index contributed by atoms with van der Waals surface area (Å²) in [4.78, 5) is 27.6. The smallest absolute Gasteiger partial charge is 0.317 e. The van der Waals surface area contributed by atoms with E-state index in [1.165, 1.54) is 19.1 Å². The van der Waals surface area contributed by atoms with Crippen molar-refractivity contribution in [3.8, 4) is 0 Å². The van der Waals surface area contributed by atoms with Crippen LogP contribution in [0.5, 0.6) is 0 Å². The van der Waals surface area contributed by atoms with Crippen molar-refractivity contribution in [3.05, 3.63) is 24.2 Å². The van der Waals surface area contributed by atoms with Crippen LogP contribution in [-0.2, 0) is 0 Å². The molecule has 122 valence electrons. The van der Waals surface area contributed by atoms with Crippen LogP contribution in [0.2, 0.25) is 0 Å². The van der Waals surface area contributed by atoms with Crippen LogP contribution in [0.1, 0.15) is 43.2 Å². The zero-order valence-electron chi connectivity index (χ0n) is 13.2. The highest BCUT2D eigenvalue weighted by Gasteiger charge is 2.25. The van der Waals surface area contributed by atoms with Crippen molar-refractivity contribution in [3.63, 3.8) is 0 Å². The molecule has 2 rings (SSSR count). The molecule has 1 fully saturated rings. The van der Waals surface area contributed by atoms with E-state index < -0.39 is 0 Å². The predicted octanol–water partition coefficient (Wildman–Crippen LogP) is 2.33. The van der Waals surface area contributed by atoms with Gasteiger partial charge in [-0.3, -0.25) is 4.79 Å². The van der Waals surface area contributed by atoms with E-state index >= 15 is 0 Å². The van der Waals surface area contributed by atoms with Crippen LogP contribution in [0.3, 0.4) is 0 Å². The molecule has 1 N–H and O–H groups in total. The Hall–Kier alpha value is -1.98. The first kappa shape index (κ1) is 16.4. The number of unbranched alkanes of at least 4 members (excludes halogenated alkanes) is 3. The molecule has 6 heteroatoms. The van der Waals surface area contributed by atoms with Crippen molar-refractivity contribution in [1.29, 1.82) is 0 Å². The highest BCUT2D eigenvalue weighted by atomic mass is 16.3. The molecule has 0 aromatic carbocycles. The van der Waals surface area contributed by atoms with Crippen molar-refractivity contribution in [1.82, 2.24) is 15.1 Å². The fourth-order valence-corrected chi connectivity index (χ4v) is 2.53. The number of urea groups is 1. The molecule has 3 amide bonds. The number of piperazine rings is 1. The van der Waals surface area contributed by atoms with Gasteiger partial charge >= 0.3 is 6.03 Å². The molecule has 0 atom stereocenters. The second kappa shape index (κ2) is 8.46. The third-order valence-corrected chi connectivity index (χ3v) is 3.89. The van der Waals surface area contributed by atoms with Gasteiger partial charge in [-0.1, -0.05) is 26.2 Å². The summed E-state index contributed by atoms with van der Waals surface area (Å²) in [6, 6.07) is 3.34. The van der Waals surface area contributed by atoms with E-state index in [1.54, 1.807) is 21.9 Å². The Labute approximate surface area is 131 Å². The zero-order valence-corrected chi connectivity index (χ0v) is 13.2. The van der Waals surface area contributed by atoms with Crippen molar-refractivity contribution in [2.45, 2.75) is 32.6 Å². The Kier molecular flexibility index (Phi) is 6.30. The van der Waals surface area contributed by atoms with Gasteiger partial charge in [0.25, 0.3) is 5.91 Å². The molecule has 6 nitrogen and oxygen atoms in total. The van der Waals surface area contributed by atoms with E-state index in [-0.39, 0.29) is 11.9 Å². The lowest BCUT2D eigenvalue weighted by Gasteiger charge is -2.34. The summed E-state index contributed by atoms with van der Waals surface area (Å²) in [5.41, 5.74) is 0. The number of hydrogen-bond acceptors (Lipinski definition) is 3. The molecule has 22 heavy (non-hydrogen) atoms. The molecule has 0 aliphatic carbocycles. The number of carbonyl (C=O) groups excluding carboxylic acids is 2. The van der Waals surface area contributed by atoms with Crippen LogP contribution in [0.15, 0.2) is 22.8 Å². The third kappa shape index (κ3) is 4.51. The monoisotopic (exact) mass is 307 g/mol. The van der Waals surface area contributed by atoms with Crippen molar-refractivity contribution in [2.75, 3.05) is 32.7 Å². The highest BCUT2D eigenvalue weighted by Crippen LogP contribution is 2.09. The first-order chi connectivity index (χ1) is 10.7. The van der Waals surface area contributed by atoms with Gasteiger partial charge in [0.05, 0.1) is 6.26 Å². The van der Waals surface area contributed by atoms with Gasteiger partial charge in [-0.2, -0.15) is 0 Å². The number of carbonyl (C=O) groups is 2. The van der Waals surface area contributed by atoms with Crippen molar-refractivity contribution < 1.29 is 14.0 Å². The van der Waals surface area contributed by atoms with Crippen LogP contribution in [0.25, 0.3) is 0 Å². The largest absolute Gasteiger partial charge is 0.459 e. The molecule has 0 spiro atoms. The number of rotatable bonds is 6. The molecule has 0 radical (unpaired) electrons. The van der Waals surface area contributed by atoms with E-state index in [1.807, 2.05) is 0 Å². The lowest BCUT2D eigenvalue weighted by molar-refractivity contribution is 0.0634. The Balaban J connectivity index is 1.68. The van der Waals surface area contributed by atoms with Gasteiger partial charge in [0.2, 0.25) is 0 Å². The van der Waals surface area contributed by atoms with Gasteiger partial charge in [-0.25, -0.2) is 4.79 Å². The molecule has 0 unspecified atom stereocenters. The molecule has 1 aromatic rings. The normalized spacial score (nSPS) is 15.0. The fourth-order valence-electron chi connectivity index (χ4n) is 2.53. The molecule has 1 aliphatic heterocycles. The van der Waals surface area contributed by atoms with E-state index in [4.69, 9.17) is 4.42 Å². The minimum absolute atomic E-state index is 0.0263. The molecule has 1 aliphatic rings. The molecular formula is C16H25N3O3. The summed E-state index contributed by atoms with van der Waals surface area (Å²) < 4.78 is 5.12. The minimum Gasteiger partial charge on any atom is -0.459 e. The average Bonchev–Trinajstić information content (AvgIpc) is 3.08. The summed E-state index contributed by atoms with van der Waals surface area (Å²) in [7, 11) is 0. The summed E-state index contributed by atoms with van der Waals surface area (Å²) in [6.45, 7) is 5.11. The second-order valence-corrected chi connectivity index (χ2v) is 5.55. The molecule has 0 bridgehead atoms. The Morgan fingerprint density at radius 3 is 2.50 bits per heavy atom. The quantitative estimate of drug-likeness (QED) is 0.820. The van der Waals surface area contributed by atoms with Crippen LogP contribution in [0.4, 0.5) is 4.79 Å². The molecule has 2 heterocycles. The van der Waals surface area contributed by atoms with Crippen molar-refractivity contribution >= 4 is 11.9 Å².